The molecule has 0 radical (unpaired) electrons. The first-order valence-electron chi connectivity index (χ1n) is 7.39. The van der Waals surface area contributed by atoms with Gasteiger partial charge in [-0.25, -0.2) is 0 Å². The molecule has 2 aromatic carbocycles. The summed E-state index contributed by atoms with van der Waals surface area (Å²) in [5.74, 6) is 0.373. The Bertz CT molecular complexity index is 869. The molecule has 0 aromatic heterocycles. The summed E-state index contributed by atoms with van der Waals surface area (Å²) in [6, 6.07) is 12.4. The van der Waals surface area contributed by atoms with E-state index in [-0.39, 0.29) is 5.57 Å². The van der Waals surface area contributed by atoms with E-state index >= 15 is 0 Å². The first kappa shape index (κ1) is 18.4. The molecular weight excluding hydrogens is 340 g/mol. The molecule has 1 amide bonds. The number of benzene rings is 2. The number of rotatable bonds is 5. The number of methoxy groups -OCH3 is 2. The Labute approximate surface area is 151 Å². The number of carbonyl (C=O) groups excluding carboxylic acids is 1. The zero-order valence-electron chi connectivity index (χ0n) is 14.1. The van der Waals surface area contributed by atoms with Crippen LogP contribution in [0.2, 0.25) is 5.02 Å². The predicted molar refractivity (Wildman–Crippen MR) is 98.0 cm³/mol. The number of hydrogen-bond donors (Lipinski definition) is 1. The third kappa shape index (κ3) is 4.52. The van der Waals surface area contributed by atoms with E-state index in [0.717, 1.165) is 5.56 Å². The van der Waals surface area contributed by atoms with E-state index in [1.807, 2.05) is 31.2 Å². The molecule has 2 rings (SSSR count). The molecule has 0 aliphatic carbocycles. The second-order valence-electron chi connectivity index (χ2n) is 5.22. The number of halogens is 1. The predicted octanol–water partition coefficient (Wildman–Crippen LogP) is 4.21. The zero-order valence-corrected chi connectivity index (χ0v) is 14.8. The van der Waals surface area contributed by atoms with E-state index in [2.05, 4.69) is 5.32 Å². The number of amides is 1. The molecule has 0 saturated carbocycles. The molecule has 0 heterocycles. The topological polar surface area (TPSA) is 71.3 Å². The van der Waals surface area contributed by atoms with Gasteiger partial charge in [0.25, 0.3) is 5.91 Å². The van der Waals surface area contributed by atoms with Crippen molar-refractivity contribution in [2.45, 2.75) is 6.92 Å². The summed E-state index contributed by atoms with van der Waals surface area (Å²) in [7, 11) is 2.98. The smallest absolute Gasteiger partial charge is 0.266 e. The van der Waals surface area contributed by atoms with Crippen molar-refractivity contribution in [3.05, 3.63) is 58.1 Å². The molecular formula is C19H17ClN2O3. The molecule has 0 bridgehead atoms. The number of ether oxygens (including phenoxy) is 2. The van der Waals surface area contributed by atoms with Crippen molar-refractivity contribution in [2.24, 2.45) is 0 Å². The Balaban J connectivity index is 2.35. The third-order valence-corrected chi connectivity index (χ3v) is 3.74. The van der Waals surface area contributed by atoms with E-state index in [9.17, 15) is 10.1 Å². The van der Waals surface area contributed by atoms with Crippen LogP contribution in [-0.4, -0.2) is 20.1 Å². The molecule has 2 aromatic rings. The van der Waals surface area contributed by atoms with Gasteiger partial charge in [-0.1, -0.05) is 23.7 Å². The van der Waals surface area contributed by atoms with Gasteiger partial charge in [-0.3, -0.25) is 4.79 Å². The lowest BCUT2D eigenvalue weighted by molar-refractivity contribution is -0.112. The molecule has 6 heteroatoms. The summed E-state index contributed by atoms with van der Waals surface area (Å²) in [6.07, 6.45) is 1.43. The third-order valence-electron chi connectivity index (χ3n) is 3.45. The standard InChI is InChI=1S/C19H17ClN2O3/c1-12-5-4-6-15(7-12)22-19(23)14(11-21)8-13-9-16(20)18(25-3)10-17(13)24-2/h4-10H,1-3H3,(H,22,23)/b14-8+. The SMILES string of the molecule is COc1cc(OC)c(/C=C(\C#N)C(=O)Nc2cccc(C)c2)cc1Cl. The first-order valence-corrected chi connectivity index (χ1v) is 7.77. The van der Waals surface area contributed by atoms with E-state index < -0.39 is 5.91 Å². The van der Waals surface area contributed by atoms with Crippen molar-refractivity contribution >= 4 is 29.3 Å². The van der Waals surface area contributed by atoms with Crippen molar-refractivity contribution < 1.29 is 14.3 Å². The molecule has 0 fully saturated rings. The molecule has 0 unspecified atom stereocenters. The highest BCUT2D eigenvalue weighted by molar-refractivity contribution is 6.32. The molecule has 25 heavy (non-hydrogen) atoms. The minimum atomic E-state index is -0.512. The van der Waals surface area contributed by atoms with Gasteiger partial charge in [0.2, 0.25) is 0 Å². The molecule has 1 N–H and O–H groups in total. The normalized spacial score (nSPS) is 10.8. The minimum absolute atomic E-state index is 0.0685. The van der Waals surface area contributed by atoms with Crippen molar-refractivity contribution in [2.75, 3.05) is 19.5 Å². The highest BCUT2D eigenvalue weighted by Crippen LogP contribution is 2.33. The van der Waals surface area contributed by atoms with Crippen LogP contribution < -0.4 is 14.8 Å². The number of anilines is 1. The van der Waals surface area contributed by atoms with Gasteiger partial charge in [0.1, 0.15) is 23.1 Å². The monoisotopic (exact) mass is 356 g/mol. The van der Waals surface area contributed by atoms with Crippen LogP contribution in [0.25, 0.3) is 6.08 Å². The van der Waals surface area contributed by atoms with Crippen LogP contribution in [0, 0.1) is 18.3 Å². The van der Waals surface area contributed by atoms with Crippen molar-refractivity contribution in [1.29, 1.82) is 5.26 Å². The maximum absolute atomic E-state index is 12.4. The van der Waals surface area contributed by atoms with Gasteiger partial charge < -0.3 is 14.8 Å². The van der Waals surface area contributed by atoms with Gasteiger partial charge >= 0.3 is 0 Å². The molecule has 0 aliphatic rings. The zero-order chi connectivity index (χ0) is 18.4. The number of nitriles is 1. The van der Waals surface area contributed by atoms with Gasteiger partial charge in [0.15, 0.2) is 0 Å². The summed E-state index contributed by atoms with van der Waals surface area (Å²) < 4.78 is 10.4. The van der Waals surface area contributed by atoms with Crippen LogP contribution in [0.15, 0.2) is 42.0 Å². The Kier molecular flexibility index (Phi) is 6.04. The summed E-state index contributed by atoms with van der Waals surface area (Å²) in [6.45, 7) is 1.92. The summed E-state index contributed by atoms with van der Waals surface area (Å²) in [5, 5.41) is 12.4. The lowest BCUT2D eigenvalue weighted by atomic mass is 10.1. The molecule has 128 valence electrons. The van der Waals surface area contributed by atoms with E-state index in [1.54, 1.807) is 18.2 Å². The molecule has 0 atom stereocenters. The molecule has 0 aliphatic heterocycles. The van der Waals surface area contributed by atoms with E-state index in [0.29, 0.717) is 27.8 Å². The van der Waals surface area contributed by atoms with Crippen molar-refractivity contribution in [3.8, 4) is 17.6 Å². The van der Waals surface area contributed by atoms with Gasteiger partial charge in [-0.05, 0) is 36.8 Å². The largest absolute Gasteiger partial charge is 0.496 e. The van der Waals surface area contributed by atoms with Crippen LogP contribution in [0.1, 0.15) is 11.1 Å². The summed E-state index contributed by atoms with van der Waals surface area (Å²) in [4.78, 5) is 12.4. The maximum Gasteiger partial charge on any atom is 0.266 e. The maximum atomic E-state index is 12.4. The Hall–Kier alpha value is -2.97. The van der Waals surface area contributed by atoms with Crippen LogP contribution in [-0.2, 0) is 4.79 Å². The minimum Gasteiger partial charge on any atom is -0.496 e. The second kappa shape index (κ2) is 8.22. The fourth-order valence-electron chi connectivity index (χ4n) is 2.22. The Morgan fingerprint density at radius 1 is 1.20 bits per heavy atom. The number of hydrogen-bond acceptors (Lipinski definition) is 4. The quantitative estimate of drug-likeness (QED) is 0.643. The van der Waals surface area contributed by atoms with Gasteiger partial charge in [-0.15, -0.1) is 0 Å². The Morgan fingerprint density at radius 2 is 1.92 bits per heavy atom. The fourth-order valence-corrected chi connectivity index (χ4v) is 2.47. The Morgan fingerprint density at radius 3 is 2.52 bits per heavy atom. The van der Waals surface area contributed by atoms with E-state index in [4.69, 9.17) is 21.1 Å². The lowest BCUT2D eigenvalue weighted by Gasteiger charge is -2.10. The highest BCUT2D eigenvalue weighted by atomic mass is 35.5. The fraction of sp³-hybridized carbons (Fsp3) is 0.158. The van der Waals surface area contributed by atoms with Crippen LogP contribution in [0.5, 0.6) is 11.5 Å². The molecule has 0 saturated heterocycles. The van der Waals surface area contributed by atoms with Crippen molar-refractivity contribution in [3.63, 3.8) is 0 Å². The first-order chi connectivity index (χ1) is 12.0. The highest BCUT2D eigenvalue weighted by Gasteiger charge is 2.13. The second-order valence-corrected chi connectivity index (χ2v) is 5.63. The number of nitrogens with one attached hydrogen (secondary N) is 1. The van der Waals surface area contributed by atoms with Crippen LogP contribution in [0.4, 0.5) is 5.69 Å². The van der Waals surface area contributed by atoms with Gasteiger partial charge in [0.05, 0.1) is 19.2 Å². The molecule has 0 spiro atoms. The van der Waals surface area contributed by atoms with Crippen LogP contribution >= 0.6 is 11.6 Å². The van der Waals surface area contributed by atoms with Crippen LogP contribution in [0.3, 0.4) is 0 Å². The van der Waals surface area contributed by atoms with Crippen molar-refractivity contribution in [1.82, 2.24) is 0 Å². The number of nitrogens with zero attached hydrogens (tertiary/aromatic N) is 1. The number of carbonyl (C=O) groups is 1. The average molecular weight is 357 g/mol. The average Bonchev–Trinajstić information content (AvgIpc) is 2.59. The van der Waals surface area contributed by atoms with Gasteiger partial charge in [-0.2, -0.15) is 5.26 Å². The van der Waals surface area contributed by atoms with Gasteiger partial charge in [0, 0.05) is 17.3 Å². The number of aryl methyl sites for hydroxylation is 1. The lowest BCUT2D eigenvalue weighted by Crippen LogP contribution is -2.13. The van der Waals surface area contributed by atoms with E-state index in [1.165, 1.54) is 20.3 Å². The summed E-state index contributed by atoms with van der Waals surface area (Å²) >= 11 is 6.12. The summed E-state index contributed by atoms with van der Waals surface area (Å²) in [5.41, 5.74) is 2.06. The molecule has 5 nitrogen and oxygen atoms in total.